The van der Waals surface area contributed by atoms with Crippen LogP contribution in [0.3, 0.4) is 0 Å². The molecule has 1 aliphatic carbocycles. The van der Waals surface area contributed by atoms with E-state index < -0.39 is 162 Å². The number of nitrogens with zero attached hydrogens (tertiary/aromatic N) is 4. The minimum absolute atomic E-state index is 0.0101. The molecule has 3 aliphatic heterocycles. The third-order valence-electron chi connectivity index (χ3n) is 15.0. The van der Waals surface area contributed by atoms with Crippen molar-refractivity contribution in [3.63, 3.8) is 0 Å². The molecule has 6 amide bonds. The highest BCUT2D eigenvalue weighted by Gasteiger charge is 2.57. The van der Waals surface area contributed by atoms with E-state index in [-0.39, 0.29) is 36.9 Å². The Labute approximate surface area is 521 Å². The summed E-state index contributed by atoms with van der Waals surface area (Å²) < 4.78 is 46.9. The molecular weight excluding hydrogens is 1190 g/mol. The van der Waals surface area contributed by atoms with E-state index in [9.17, 15) is 69.4 Å². The Morgan fingerprint density at radius 1 is 0.756 bits per heavy atom. The molecule has 0 bridgehead atoms. The van der Waals surface area contributed by atoms with Crippen molar-refractivity contribution in [2.75, 3.05) is 46.4 Å². The molecule has 0 aromatic heterocycles. The van der Waals surface area contributed by atoms with Gasteiger partial charge in [-0.05, 0) is 149 Å². The van der Waals surface area contributed by atoms with E-state index in [1.165, 1.54) is 62.5 Å². The lowest BCUT2D eigenvalue weighted by atomic mass is 9.72. The number of hydrogen-bond donors (Lipinski definition) is 9. The van der Waals surface area contributed by atoms with Gasteiger partial charge in [-0.2, -0.15) is 0 Å². The van der Waals surface area contributed by atoms with Crippen molar-refractivity contribution in [1.29, 1.82) is 0 Å². The second-order valence-corrected chi connectivity index (χ2v) is 26.0. The number of ether oxygens (including phenoxy) is 8. The number of piperidine rings is 1. The first-order chi connectivity index (χ1) is 42.0. The zero-order chi connectivity index (χ0) is 66.6. The van der Waals surface area contributed by atoms with Crippen molar-refractivity contribution in [1.82, 2.24) is 36.4 Å². The maximum atomic E-state index is 14.2. The number of amides is 6. The van der Waals surface area contributed by atoms with Crippen LogP contribution in [0.25, 0.3) is 0 Å². The summed E-state index contributed by atoms with van der Waals surface area (Å²) in [5.74, 6) is -2.15. The Bertz CT molecular complexity index is 2850. The fourth-order valence-electron chi connectivity index (χ4n) is 10.8. The van der Waals surface area contributed by atoms with Crippen LogP contribution in [-0.2, 0) is 55.9 Å². The molecule has 0 spiro atoms. The number of hydrogen-bond acceptors (Lipinski definition) is 23. The standard InChI is InChI=1S/C59H87N9O22/c1-56(2,3)88-51(73)61-29-42(69)49(72)62-41-26-40(64-53(75)84-31-35-14-18-37(19-15-35)68(81)82)43(44(70)47(41)87-50-45(71)48(59(10,78)32-85-50)65(11)54(76)89-57(4,5)6)46-39(63-52(74)83-30-34-12-16-36(17-13-34)67(79)80)21-20-38(86-46)28-60-27-33-22-24-66(25-23-33)55(77)90-58(7,8)9/h12-20,33,39-48,50,60,69-71,78H,21-32H2,1-11H3,(H,61,73)(H,62,72)(H,63,74)(H,64,75)/t39-,40+,41-,42-,43?,44+,45-,46+,47+,48-,50-,59+/m1/s1. The van der Waals surface area contributed by atoms with Gasteiger partial charge < -0.3 is 94.7 Å². The van der Waals surface area contributed by atoms with Crippen LogP contribution in [0.5, 0.6) is 0 Å². The fraction of sp³-hybridized carbons (Fsp3) is 0.661. The van der Waals surface area contributed by atoms with Gasteiger partial charge in [-0.15, -0.1) is 0 Å². The van der Waals surface area contributed by atoms with Gasteiger partial charge in [0.2, 0.25) is 0 Å². The molecule has 3 fully saturated rings. The first-order valence-electron chi connectivity index (χ1n) is 29.6. The van der Waals surface area contributed by atoms with Crippen LogP contribution in [0.4, 0.5) is 35.3 Å². The minimum atomic E-state index is -1.99. The van der Waals surface area contributed by atoms with E-state index in [0.29, 0.717) is 49.4 Å². The molecule has 4 aliphatic rings. The third-order valence-corrected chi connectivity index (χ3v) is 15.0. The van der Waals surface area contributed by atoms with Crippen molar-refractivity contribution < 1.29 is 96.9 Å². The number of nitro benzene ring substituents is 2. The van der Waals surface area contributed by atoms with Crippen molar-refractivity contribution in [3.8, 4) is 0 Å². The van der Waals surface area contributed by atoms with E-state index in [1.54, 1.807) is 73.3 Å². The average Bonchev–Trinajstić information content (AvgIpc) is 0.766. The summed E-state index contributed by atoms with van der Waals surface area (Å²) >= 11 is 0. The van der Waals surface area contributed by atoms with Gasteiger partial charge >= 0.3 is 30.5 Å². The van der Waals surface area contributed by atoms with Crippen LogP contribution >= 0.6 is 0 Å². The van der Waals surface area contributed by atoms with E-state index in [0.717, 1.165) is 4.90 Å². The van der Waals surface area contributed by atoms with Crippen molar-refractivity contribution in [2.45, 2.75) is 192 Å². The predicted octanol–water partition coefficient (Wildman–Crippen LogP) is 4.14. The largest absolute Gasteiger partial charge is 0.491 e. The van der Waals surface area contributed by atoms with Gasteiger partial charge in [0.1, 0.15) is 65.8 Å². The number of non-ortho nitro benzene ring substituents is 2. The van der Waals surface area contributed by atoms with Crippen LogP contribution in [0.2, 0.25) is 0 Å². The molecule has 1 saturated carbocycles. The molecule has 2 saturated heterocycles. The Morgan fingerprint density at radius 3 is 1.81 bits per heavy atom. The molecule has 31 heteroatoms. The number of alkyl carbamates (subject to hydrolysis) is 3. The summed E-state index contributed by atoms with van der Waals surface area (Å²) in [6, 6.07) is 4.90. The molecule has 12 atom stereocenters. The quantitative estimate of drug-likeness (QED) is 0.0511. The maximum Gasteiger partial charge on any atom is 0.410 e. The molecule has 6 rings (SSSR count). The first kappa shape index (κ1) is 71.4. The lowest BCUT2D eigenvalue weighted by molar-refractivity contribution is -0.385. The Morgan fingerprint density at radius 2 is 1.29 bits per heavy atom. The van der Waals surface area contributed by atoms with Gasteiger partial charge in [0, 0.05) is 56.4 Å². The minimum Gasteiger partial charge on any atom is -0.491 e. The third kappa shape index (κ3) is 20.9. The molecule has 3 heterocycles. The number of rotatable bonds is 20. The van der Waals surface area contributed by atoms with E-state index in [4.69, 9.17) is 37.9 Å². The summed E-state index contributed by atoms with van der Waals surface area (Å²) in [7, 11) is 1.27. The molecule has 500 valence electrons. The maximum absolute atomic E-state index is 14.2. The summed E-state index contributed by atoms with van der Waals surface area (Å²) in [4.78, 5) is 105. The molecule has 9 N–H and O–H groups in total. The molecule has 0 radical (unpaired) electrons. The van der Waals surface area contributed by atoms with Gasteiger partial charge in [0.25, 0.3) is 17.3 Å². The van der Waals surface area contributed by atoms with Gasteiger partial charge in [-0.25, -0.2) is 24.0 Å². The van der Waals surface area contributed by atoms with Gasteiger partial charge in [-0.1, -0.05) is 0 Å². The number of nitro groups is 2. The summed E-state index contributed by atoms with van der Waals surface area (Å²) in [6.45, 7) is 15.7. The molecular formula is C59H87N9O22. The van der Waals surface area contributed by atoms with Gasteiger partial charge in [0.15, 0.2) is 6.29 Å². The van der Waals surface area contributed by atoms with Crippen molar-refractivity contribution in [3.05, 3.63) is 91.7 Å². The van der Waals surface area contributed by atoms with Crippen LogP contribution < -0.4 is 26.6 Å². The second-order valence-electron chi connectivity index (χ2n) is 26.0. The molecule has 1 unspecified atom stereocenters. The molecule has 2 aromatic rings. The highest BCUT2D eigenvalue weighted by Crippen LogP contribution is 2.39. The zero-order valence-electron chi connectivity index (χ0n) is 52.5. The second kappa shape index (κ2) is 30.4. The number of carbonyl (C=O) groups is 6. The monoisotopic (exact) mass is 1270 g/mol. The molecule has 31 nitrogen and oxygen atoms in total. The van der Waals surface area contributed by atoms with Crippen molar-refractivity contribution in [2.24, 2.45) is 11.8 Å². The number of aliphatic hydroxyl groups is 4. The van der Waals surface area contributed by atoms with Crippen LogP contribution in [0.1, 0.15) is 106 Å². The summed E-state index contributed by atoms with van der Waals surface area (Å²) in [5.41, 5.74) is -4.30. The van der Waals surface area contributed by atoms with Crippen molar-refractivity contribution >= 4 is 47.7 Å². The SMILES string of the molecule is CN(C(=O)OC(C)(C)C)[C@@H]1[C@@H](O)[C@@H](O[C@H]2[C@H](NC(=O)[C@H](O)CNC(=O)OC(C)(C)C)C[C@H](NC(=O)OCc3ccc([N+](=O)[O-])cc3)C([C@H]3OC(CNCC4CCN(C(=O)OC(C)(C)C)CC4)=CC[C@H]3NC(=O)OCc3ccc([N+](=O)[O-])cc3)[C@@H]2O)OC[C@]1(C)O. The predicted molar refractivity (Wildman–Crippen MR) is 317 cm³/mol. The molecule has 90 heavy (non-hydrogen) atoms. The Kier molecular flexibility index (Phi) is 24.1. The van der Waals surface area contributed by atoms with Crippen LogP contribution in [0.15, 0.2) is 60.4 Å². The van der Waals surface area contributed by atoms with E-state index in [2.05, 4.69) is 26.6 Å². The number of likely N-dealkylation sites (tertiary alicyclic amines) is 1. The van der Waals surface area contributed by atoms with Crippen LogP contribution in [-0.4, -0.2) is 206 Å². The smallest absolute Gasteiger partial charge is 0.410 e. The lowest BCUT2D eigenvalue weighted by Crippen LogP contribution is -2.71. The molecule has 2 aromatic carbocycles. The van der Waals surface area contributed by atoms with Gasteiger partial charge in [0.05, 0.1) is 53.8 Å². The number of benzene rings is 2. The average molecular weight is 1270 g/mol. The summed E-state index contributed by atoms with van der Waals surface area (Å²) in [6.07, 6.45) is -12.8. The Balaban J connectivity index is 1.37. The Hall–Kier alpha value is -7.68. The first-order valence-corrected chi connectivity index (χ1v) is 29.6. The number of aliphatic hydroxyl groups excluding tert-OH is 3. The summed E-state index contributed by atoms with van der Waals surface area (Å²) in [5, 5.41) is 84.9. The zero-order valence-corrected chi connectivity index (χ0v) is 52.5. The normalized spacial score (nSPS) is 26.0. The van der Waals surface area contributed by atoms with E-state index in [1.807, 2.05) is 0 Å². The number of nitrogens with one attached hydrogen (secondary N) is 5. The highest BCUT2D eigenvalue weighted by molar-refractivity contribution is 5.82. The van der Waals surface area contributed by atoms with Crippen LogP contribution in [0, 0.1) is 32.1 Å². The van der Waals surface area contributed by atoms with E-state index >= 15 is 0 Å². The highest BCUT2D eigenvalue weighted by atomic mass is 16.7. The number of likely N-dealkylation sites (N-methyl/N-ethyl adjacent to an activating group) is 1. The lowest BCUT2D eigenvalue weighted by Gasteiger charge is -2.52. The fourth-order valence-corrected chi connectivity index (χ4v) is 10.8. The number of carbonyl (C=O) groups excluding carboxylic acids is 6. The topological polar surface area (TPSA) is 410 Å². The van der Waals surface area contributed by atoms with Gasteiger partial charge in [-0.3, -0.25) is 25.0 Å².